The van der Waals surface area contributed by atoms with Crippen LogP contribution in [0.3, 0.4) is 0 Å². The van der Waals surface area contributed by atoms with E-state index in [1.54, 1.807) is 29.2 Å². The number of hydrogen-bond acceptors (Lipinski definition) is 5. The van der Waals surface area contributed by atoms with Gasteiger partial charge in [-0.3, -0.25) is 9.48 Å². The highest BCUT2D eigenvalue weighted by Crippen LogP contribution is 2.24. The van der Waals surface area contributed by atoms with Gasteiger partial charge in [-0.05, 0) is 30.2 Å². The smallest absolute Gasteiger partial charge is 0.245 e. The molecule has 0 bridgehead atoms. The lowest BCUT2D eigenvalue weighted by atomic mass is 10.1. The molecule has 1 N–H and O–H groups in total. The summed E-state index contributed by atoms with van der Waals surface area (Å²) in [5.41, 5.74) is 3.31. The van der Waals surface area contributed by atoms with Crippen LogP contribution < -0.4 is 5.32 Å². The number of carbonyl (C=O) groups excluding carboxylic acids is 1. The Morgan fingerprint density at radius 2 is 2.12 bits per heavy atom. The molecule has 7 heteroatoms. The number of anilines is 1. The maximum Gasteiger partial charge on any atom is 0.245 e. The molecule has 1 aliphatic heterocycles. The van der Waals surface area contributed by atoms with Crippen LogP contribution in [0.15, 0.2) is 42.7 Å². The number of pyridine rings is 1. The molecule has 0 saturated carbocycles. The molecule has 130 valence electrons. The van der Waals surface area contributed by atoms with E-state index in [9.17, 15) is 4.79 Å². The molecule has 1 unspecified atom stereocenters. The maximum atomic E-state index is 12.8. The zero-order valence-electron chi connectivity index (χ0n) is 14.4. The molecule has 1 aliphatic rings. The van der Waals surface area contributed by atoms with Crippen molar-refractivity contribution in [2.24, 2.45) is 7.05 Å². The number of aryl methyl sites for hydroxylation is 1. The SMILES string of the molecule is Cn1ncc2c(NC3CCN(Cc4ccc(C#N)cc4)C3=O)ccnc21. The van der Waals surface area contributed by atoms with E-state index in [1.807, 2.05) is 30.1 Å². The number of aromatic nitrogens is 3. The summed E-state index contributed by atoms with van der Waals surface area (Å²) in [5, 5.41) is 17.4. The predicted molar refractivity (Wildman–Crippen MR) is 97.1 cm³/mol. The Morgan fingerprint density at radius 3 is 2.88 bits per heavy atom. The third kappa shape index (κ3) is 2.86. The Hall–Kier alpha value is -3.40. The van der Waals surface area contributed by atoms with E-state index >= 15 is 0 Å². The number of nitrogens with one attached hydrogen (secondary N) is 1. The molecule has 3 aromatic rings. The number of likely N-dealkylation sites (tertiary alicyclic amines) is 1. The zero-order valence-corrected chi connectivity index (χ0v) is 14.4. The Kier molecular flexibility index (Phi) is 4.01. The topological polar surface area (TPSA) is 86.8 Å². The van der Waals surface area contributed by atoms with Crippen LogP contribution in [0.1, 0.15) is 17.5 Å². The van der Waals surface area contributed by atoms with Crippen molar-refractivity contribution >= 4 is 22.6 Å². The van der Waals surface area contributed by atoms with Crippen LogP contribution in [0.2, 0.25) is 0 Å². The molecule has 1 fully saturated rings. The van der Waals surface area contributed by atoms with Crippen LogP contribution in [0.25, 0.3) is 11.0 Å². The van der Waals surface area contributed by atoms with Crippen LogP contribution >= 0.6 is 0 Å². The second kappa shape index (κ2) is 6.48. The van der Waals surface area contributed by atoms with Crippen molar-refractivity contribution in [1.29, 1.82) is 5.26 Å². The van der Waals surface area contributed by atoms with Gasteiger partial charge in [0.05, 0.1) is 23.2 Å². The fourth-order valence-electron chi connectivity index (χ4n) is 3.29. The van der Waals surface area contributed by atoms with Crippen molar-refractivity contribution < 1.29 is 4.79 Å². The third-order valence-electron chi connectivity index (χ3n) is 4.72. The molecule has 7 nitrogen and oxygen atoms in total. The van der Waals surface area contributed by atoms with Crippen LogP contribution in [0, 0.1) is 11.3 Å². The highest BCUT2D eigenvalue weighted by atomic mass is 16.2. The van der Waals surface area contributed by atoms with Crippen LogP contribution in [-0.4, -0.2) is 38.2 Å². The quantitative estimate of drug-likeness (QED) is 0.781. The van der Waals surface area contributed by atoms with Gasteiger partial charge in [-0.2, -0.15) is 10.4 Å². The molecule has 26 heavy (non-hydrogen) atoms. The number of benzene rings is 1. The number of hydrogen-bond donors (Lipinski definition) is 1. The monoisotopic (exact) mass is 346 g/mol. The van der Waals surface area contributed by atoms with Crippen LogP contribution in [0.5, 0.6) is 0 Å². The van der Waals surface area contributed by atoms with Gasteiger partial charge in [-0.1, -0.05) is 12.1 Å². The third-order valence-corrected chi connectivity index (χ3v) is 4.72. The lowest BCUT2D eigenvalue weighted by Crippen LogP contribution is -2.33. The lowest BCUT2D eigenvalue weighted by molar-refractivity contribution is -0.128. The van der Waals surface area contributed by atoms with Crippen molar-refractivity contribution in [3.8, 4) is 6.07 Å². The van der Waals surface area contributed by atoms with Crippen molar-refractivity contribution in [3.05, 3.63) is 53.9 Å². The highest BCUT2D eigenvalue weighted by Gasteiger charge is 2.31. The van der Waals surface area contributed by atoms with Crippen molar-refractivity contribution in [1.82, 2.24) is 19.7 Å². The standard InChI is InChI=1S/C19H18N6O/c1-24-18-15(11-22-24)16(6-8-21-18)23-17-7-9-25(19(17)26)12-14-4-2-13(10-20)3-5-14/h2-6,8,11,17H,7,9,12H2,1H3,(H,21,23). The van der Waals surface area contributed by atoms with E-state index in [1.165, 1.54) is 0 Å². The molecule has 1 amide bonds. The van der Waals surface area contributed by atoms with Gasteiger partial charge in [0.1, 0.15) is 6.04 Å². The van der Waals surface area contributed by atoms with E-state index in [2.05, 4.69) is 21.5 Å². The van der Waals surface area contributed by atoms with Crippen LogP contribution in [0.4, 0.5) is 5.69 Å². The van der Waals surface area contributed by atoms with Gasteiger partial charge in [-0.25, -0.2) is 4.98 Å². The molecule has 2 aromatic heterocycles. The Morgan fingerprint density at radius 1 is 1.31 bits per heavy atom. The predicted octanol–water partition coefficient (Wildman–Crippen LogP) is 2.05. The van der Waals surface area contributed by atoms with Crippen molar-refractivity contribution in [3.63, 3.8) is 0 Å². The summed E-state index contributed by atoms with van der Waals surface area (Å²) in [6.07, 6.45) is 4.23. The van der Waals surface area contributed by atoms with E-state index in [0.29, 0.717) is 18.7 Å². The van der Waals surface area contributed by atoms with Gasteiger partial charge in [0, 0.05) is 32.0 Å². The van der Waals surface area contributed by atoms with Gasteiger partial charge < -0.3 is 10.2 Å². The Bertz CT molecular complexity index is 1000. The Balaban J connectivity index is 1.47. The lowest BCUT2D eigenvalue weighted by Gasteiger charge is -2.18. The molecule has 1 aromatic carbocycles. The summed E-state index contributed by atoms with van der Waals surface area (Å²) in [6, 6.07) is 11.1. The molecule has 0 radical (unpaired) electrons. The van der Waals surface area contributed by atoms with E-state index in [-0.39, 0.29) is 11.9 Å². The molecular formula is C19H18N6O. The second-order valence-electron chi connectivity index (χ2n) is 6.42. The van der Waals surface area contributed by atoms with Crippen molar-refractivity contribution in [2.75, 3.05) is 11.9 Å². The number of amides is 1. The Labute approximate surface area is 150 Å². The first-order valence-corrected chi connectivity index (χ1v) is 8.47. The first kappa shape index (κ1) is 16.1. The van der Waals surface area contributed by atoms with E-state index in [0.717, 1.165) is 28.7 Å². The number of nitriles is 1. The molecular weight excluding hydrogens is 328 g/mol. The molecule has 4 rings (SSSR count). The maximum absolute atomic E-state index is 12.8. The normalized spacial score (nSPS) is 16.8. The average molecular weight is 346 g/mol. The van der Waals surface area contributed by atoms with E-state index in [4.69, 9.17) is 5.26 Å². The van der Waals surface area contributed by atoms with Crippen molar-refractivity contribution in [2.45, 2.75) is 19.0 Å². The molecule has 1 atom stereocenters. The molecule has 0 spiro atoms. The van der Waals surface area contributed by atoms with Crippen LogP contribution in [-0.2, 0) is 18.4 Å². The minimum Gasteiger partial charge on any atom is -0.373 e. The average Bonchev–Trinajstić information content (AvgIpc) is 3.21. The first-order chi connectivity index (χ1) is 12.7. The zero-order chi connectivity index (χ0) is 18.1. The number of nitrogens with zero attached hydrogens (tertiary/aromatic N) is 5. The first-order valence-electron chi connectivity index (χ1n) is 8.47. The number of carbonyl (C=O) groups is 1. The summed E-state index contributed by atoms with van der Waals surface area (Å²) in [5.74, 6) is 0.0863. The summed E-state index contributed by atoms with van der Waals surface area (Å²) < 4.78 is 1.72. The fourth-order valence-corrected chi connectivity index (χ4v) is 3.29. The second-order valence-corrected chi connectivity index (χ2v) is 6.42. The summed E-state index contributed by atoms with van der Waals surface area (Å²) in [7, 11) is 1.85. The van der Waals surface area contributed by atoms with Gasteiger partial charge in [0.2, 0.25) is 5.91 Å². The fraction of sp³-hybridized carbons (Fsp3) is 0.263. The summed E-state index contributed by atoms with van der Waals surface area (Å²) in [6.45, 7) is 1.26. The number of rotatable bonds is 4. The minimum atomic E-state index is -0.251. The largest absolute Gasteiger partial charge is 0.373 e. The number of fused-ring (bicyclic) bond motifs is 1. The van der Waals surface area contributed by atoms with E-state index < -0.39 is 0 Å². The molecule has 0 aliphatic carbocycles. The highest BCUT2D eigenvalue weighted by molar-refractivity contribution is 5.93. The summed E-state index contributed by atoms with van der Waals surface area (Å²) >= 11 is 0. The van der Waals surface area contributed by atoms with Gasteiger partial charge in [0.15, 0.2) is 5.65 Å². The molecule has 1 saturated heterocycles. The minimum absolute atomic E-state index is 0.0863. The molecule has 3 heterocycles. The van der Waals surface area contributed by atoms with Gasteiger partial charge in [-0.15, -0.1) is 0 Å². The van der Waals surface area contributed by atoms with Gasteiger partial charge in [0.25, 0.3) is 0 Å². The summed E-state index contributed by atoms with van der Waals surface area (Å²) in [4.78, 5) is 18.9. The van der Waals surface area contributed by atoms with Gasteiger partial charge >= 0.3 is 0 Å².